The Bertz CT molecular complexity index is 1110. The molecule has 1 aromatic carbocycles. The molecule has 1 saturated heterocycles. The zero-order valence-electron chi connectivity index (χ0n) is 17.5. The molecule has 0 unspecified atom stereocenters. The smallest absolute Gasteiger partial charge is 0.264 e. The van der Waals surface area contributed by atoms with Crippen molar-refractivity contribution in [3.63, 3.8) is 0 Å². The van der Waals surface area contributed by atoms with Gasteiger partial charge >= 0.3 is 0 Å². The summed E-state index contributed by atoms with van der Waals surface area (Å²) in [7, 11) is 1.62. The van der Waals surface area contributed by atoms with Gasteiger partial charge in [-0.2, -0.15) is 5.10 Å². The van der Waals surface area contributed by atoms with E-state index in [0.717, 1.165) is 36.2 Å². The first-order chi connectivity index (χ1) is 14.6. The molecule has 156 valence electrons. The largest absolute Gasteiger partial charge is 0.497 e. The first kappa shape index (κ1) is 18.9. The Hall–Kier alpha value is -3.09. The molecule has 7 heteroatoms. The lowest BCUT2D eigenvalue weighted by Gasteiger charge is -2.38. The van der Waals surface area contributed by atoms with Gasteiger partial charge in [-0.15, -0.1) is 0 Å². The predicted octanol–water partition coefficient (Wildman–Crippen LogP) is 3.49. The molecule has 2 aliphatic rings. The van der Waals surface area contributed by atoms with Crippen LogP contribution in [0.15, 0.2) is 36.5 Å². The van der Waals surface area contributed by atoms with Crippen LogP contribution in [-0.2, 0) is 11.2 Å². The molecule has 0 aliphatic carbocycles. The normalized spacial score (nSPS) is 20.8. The number of aryl methyl sites for hydroxylation is 1. The quantitative estimate of drug-likeness (QED) is 0.649. The summed E-state index contributed by atoms with van der Waals surface area (Å²) in [5.41, 5.74) is 4.13. The molecule has 1 fully saturated rings. The molecule has 5 rings (SSSR count). The number of hydrogen-bond donors (Lipinski definition) is 0. The van der Waals surface area contributed by atoms with E-state index in [1.54, 1.807) is 7.11 Å². The lowest BCUT2D eigenvalue weighted by Crippen LogP contribution is -2.48. The van der Waals surface area contributed by atoms with Crippen LogP contribution in [0.5, 0.6) is 11.5 Å². The molecule has 3 aromatic rings. The van der Waals surface area contributed by atoms with Gasteiger partial charge in [-0.1, -0.05) is 13.0 Å². The minimum absolute atomic E-state index is 0.0376. The number of rotatable bonds is 5. The average molecular weight is 406 g/mol. The second-order valence-corrected chi connectivity index (χ2v) is 8.11. The van der Waals surface area contributed by atoms with Gasteiger partial charge in [0.2, 0.25) is 0 Å². The Morgan fingerprint density at radius 1 is 1.27 bits per heavy atom. The van der Waals surface area contributed by atoms with Crippen LogP contribution in [0.2, 0.25) is 0 Å². The van der Waals surface area contributed by atoms with Gasteiger partial charge in [0.15, 0.2) is 11.8 Å². The fourth-order valence-electron chi connectivity index (χ4n) is 4.85. The summed E-state index contributed by atoms with van der Waals surface area (Å²) in [5, 5.41) is 4.63. The topological polar surface area (TPSA) is 69.0 Å². The number of fused-ring (bicyclic) bond motifs is 6. The summed E-state index contributed by atoms with van der Waals surface area (Å²) in [6.07, 6.45) is 4.75. The lowest BCUT2D eigenvalue weighted by molar-refractivity contribution is -0.142. The van der Waals surface area contributed by atoms with Crippen LogP contribution < -0.4 is 9.47 Å². The first-order valence-electron chi connectivity index (χ1n) is 10.6. The maximum atomic E-state index is 13.6. The van der Waals surface area contributed by atoms with Crippen molar-refractivity contribution in [2.24, 2.45) is 0 Å². The molecule has 7 nitrogen and oxygen atoms in total. The Balaban J connectivity index is 1.44. The molecule has 1 amide bonds. The number of nitrogens with zero attached hydrogens (tertiary/aromatic N) is 4. The van der Waals surface area contributed by atoms with E-state index in [9.17, 15) is 4.79 Å². The average Bonchev–Trinajstić information content (AvgIpc) is 3.30. The molecule has 2 bridgehead atoms. The van der Waals surface area contributed by atoms with Gasteiger partial charge in [0.1, 0.15) is 11.5 Å². The van der Waals surface area contributed by atoms with Crippen molar-refractivity contribution in [1.29, 1.82) is 0 Å². The SMILES string of the molecule is CC[C@@H](Oc1cccc(OC)c1)C(=O)N1[C@@H]2CC[C@@H]1c1cnc3cc(C)nn3c1C2. The highest BCUT2D eigenvalue weighted by atomic mass is 16.5. The Kier molecular flexibility index (Phi) is 4.60. The zero-order chi connectivity index (χ0) is 20.8. The number of aromatic nitrogens is 3. The molecular formula is C23H26N4O3. The third kappa shape index (κ3) is 3.00. The van der Waals surface area contributed by atoms with E-state index in [0.29, 0.717) is 17.9 Å². The summed E-state index contributed by atoms with van der Waals surface area (Å²) in [6.45, 7) is 3.97. The van der Waals surface area contributed by atoms with Crippen molar-refractivity contribution in [1.82, 2.24) is 19.5 Å². The van der Waals surface area contributed by atoms with E-state index in [4.69, 9.17) is 9.47 Å². The third-order valence-corrected chi connectivity index (χ3v) is 6.25. The summed E-state index contributed by atoms with van der Waals surface area (Å²) < 4.78 is 13.3. The summed E-state index contributed by atoms with van der Waals surface area (Å²) >= 11 is 0. The fourth-order valence-corrected chi connectivity index (χ4v) is 4.85. The Morgan fingerprint density at radius 2 is 2.10 bits per heavy atom. The minimum atomic E-state index is -0.523. The molecule has 3 atom stereocenters. The van der Waals surface area contributed by atoms with Crippen LogP contribution in [0.3, 0.4) is 0 Å². The number of ether oxygens (including phenoxy) is 2. The predicted molar refractivity (Wildman–Crippen MR) is 112 cm³/mol. The van der Waals surface area contributed by atoms with Crippen LogP contribution in [0.1, 0.15) is 49.2 Å². The van der Waals surface area contributed by atoms with Crippen molar-refractivity contribution in [3.05, 3.63) is 53.5 Å². The van der Waals surface area contributed by atoms with Gasteiger partial charge in [-0.05, 0) is 38.3 Å². The van der Waals surface area contributed by atoms with Crippen LogP contribution in [0.4, 0.5) is 0 Å². The molecule has 2 aliphatic heterocycles. The monoisotopic (exact) mass is 406 g/mol. The highest BCUT2D eigenvalue weighted by Crippen LogP contribution is 2.44. The van der Waals surface area contributed by atoms with E-state index < -0.39 is 6.10 Å². The highest BCUT2D eigenvalue weighted by Gasteiger charge is 2.45. The molecule has 0 N–H and O–H groups in total. The van der Waals surface area contributed by atoms with Crippen LogP contribution in [0, 0.1) is 6.92 Å². The van der Waals surface area contributed by atoms with Gasteiger partial charge in [0.05, 0.1) is 24.5 Å². The second kappa shape index (κ2) is 7.31. The number of amides is 1. The molecule has 0 saturated carbocycles. The molecular weight excluding hydrogens is 380 g/mol. The molecule has 4 heterocycles. The Morgan fingerprint density at radius 3 is 2.90 bits per heavy atom. The van der Waals surface area contributed by atoms with Crippen LogP contribution >= 0.6 is 0 Å². The third-order valence-electron chi connectivity index (χ3n) is 6.25. The summed E-state index contributed by atoms with van der Waals surface area (Å²) in [6, 6.07) is 9.62. The van der Waals surface area contributed by atoms with Gasteiger partial charge in [-0.25, -0.2) is 9.50 Å². The number of carbonyl (C=O) groups excluding carboxylic acids is 1. The van der Waals surface area contributed by atoms with Crippen LogP contribution in [0.25, 0.3) is 5.65 Å². The second-order valence-electron chi connectivity index (χ2n) is 8.11. The van der Waals surface area contributed by atoms with E-state index in [-0.39, 0.29) is 18.0 Å². The highest BCUT2D eigenvalue weighted by molar-refractivity contribution is 5.83. The van der Waals surface area contributed by atoms with Crippen molar-refractivity contribution in [3.8, 4) is 11.5 Å². The zero-order valence-corrected chi connectivity index (χ0v) is 17.5. The molecule has 0 spiro atoms. The minimum Gasteiger partial charge on any atom is -0.497 e. The lowest BCUT2D eigenvalue weighted by atomic mass is 9.98. The molecule has 30 heavy (non-hydrogen) atoms. The number of methoxy groups -OCH3 is 1. The van der Waals surface area contributed by atoms with Crippen molar-refractivity contribution in [2.45, 2.75) is 57.7 Å². The maximum absolute atomic E-state index is 13.6. The number of benzene rings is 1. The van der Waals surface area contributed by atoms with Gasteiger partial charge in [0, 0.05) is 36.4 Å². The first-order valence-corrected chi connectivity index (χ1v) is 10.6. The van der Waals surface area contributed by atoms with Gasteiger partial charge in [0.25, 0.3) is 5.91 Å². The van der Waals surface area contributed by atoms with E-state index in [1.807, 2.05) is 59.8 Å². The van der Waals surface area contributed by atoms with E-state index in [2.05, 4.69) is 10.1 Å². The fraction of sp³-hybridized carbons (Fsp3) is 0.435. The summed E-state index contributed by atoms with van der Waals surface area (Å²) in [5.74, 6) is 1.41. The van der Waals surface area contributed by atoms with Crippen LogP contribution in [-0.4, -0.2) is 44.7 Å². The molecule has 0 radical (unpaired) electrons. The maximum Gasteiger partial charge on any atom is 0.264 e. The van der Waals surface area contributed by atoms with Gasteiger partial charge in [-0.3, -0.25) is 4.79 Å². The van der Waals surface area contributed by atoms with Gasteiger partial charge < -0.3 is 14.4 Å². The number of hydrogen-bond acceptors (Lipinski definition) is 5. The Labute approximate surface area is 175 Å². The summed E-state index contributed by atoms with van der Waals surface area (Å²) in [4.78, 5) is 20.2. The standard InChI is InChI=1S/C23H26N4O3/c1-4-21(30-17-7-5-6-16(12-17)29-3)23(28)26-15-8-9-19(26)18-13-24-22-10-14(2)25-27(22)20(18)11-15/h5-7,10,12-13,15,19,21H,4,8-9,11H2,1-3H3/t15-,19-,21-/m1/s1. The van der Waals surface area contributed by atoms with Crippen molar-refractivity contribution >= 4 is 11.6 Å². The number of carbonyl (C=O) groups is 1. The van der Waals surface area contributed by atoms with Crippen molar-refractivity contribution in [2.75, 3.05) is 7.11 Å². The van der Waals surface area contributed by atoms with Crippen molar-refractivity contribution < 1.29 is 14.3 Å². The van der Waals surface area contributed by atoms with E-state index in [1.165, 1.54) is 5.69 Å². The van der Waals surface area contributed by atoms with E-state index >= 15 is 0 Å². The molecule has 2 aromatic heterocycles.